The van der Waals surface area contributed by atoms with Gasteiger partial charge in [-0.15, -0.1) is 0 Å². The molecule has 0 aliphatic carbocycles. The second-order valence-corrected chi connectivity index (χ2v) is 4.25. The highest BCUT2D eigenvalue weighted by molar-refractivity contribution is 5.95. The van der Waals surface area contributed by atoms with Gasteiger partial charge in [0.05, 0.1) is 11.1 Å². The van der Waals surface area contributed by atoms with Gasteiger partial charge >= 0.3 is 0 Å². The van der Waals surface area contributed by atoms with Gasteiger partial charge in [0, 0.05) is 23.3 Å². The van der Waals surface area contributed by atoms with Crippen molar-refractivity contribution in [3.63, 3.8) is 0 Å². The van der Waals surface area contributed by atoms with Gasteiger partial charge < -0.3 is 10.2 Å². The molecule has 2 rings (SSSR count). The lowest BCUT2D eigenvalue weighted by atomic mass is 10.2. The van der Waals surface area contributed by atoms with Crippen molar-refractivity contribution in [2.75, 3.05) is 0 Å². The number of non-ortho nitro benzene ring substituents is 1. The molecule has 1 amide bonds. The number of amides is 1. The first-order valence-corrected chi connectivity index (χ1v) is 6.07. The molecule has 0 saturated carbocycles. The summed E-state index contributed by atoms with van der Waals surface area (Å²) in [4.78, 5) is 21.8. The van der Waals surface area contributed by atoms with Crippen LogP contribution in [0.4, 0.5) is 5.69 Å². The Morgan fingerprint density at radius 2 is 1.86 bits per heavy atom. The average Bonchev–Trinajstić information content (AvgIpc) is 2.49. The summed E-state index contributed by atoms with van der Waals surface area (Å²) in [6.07, 6.45) is 1.10. The number of nitrogens with one attached hydrogen (secondary N) is 1. The molecule has 0 atom stereocenters. The first kappa shape index (κ1) is 15.0. The maximum Gasteiger partial charge on any atom is 0.271 e. The van der Waals surface area contributed by atoms with Crippen LogP contribution < -0.4 is 5.43 Å². The highest BCUT2D eigenvalue weighted by atomic mass is 16.6. The molecule has 0 heterocycles. The summed E-state index contributed by atoms with van der Waals surface area (Å²) >= 11 is 0. The molecule has 0 saturated heterocycles. The van der Waals surface area contributed by atoms with Gasteiger partial charge in [0.2, 0.25) is 0 Å². The molecule has 2 aromatic carbocycles. The third-order valence-corrected chi connectivity index (χ3v) is 2.72. The van der Waals surface area contributed by atoms with E-state index in [0.29, 0.717) is 0 Å². The number of phenols is 2. The van der Waals surface area contributed by atoms with Crippen molar-refractivity contribution < 1.29 is 19.9 Å². The Balaban J connectivity index is 2.09. The van der Waals surface area contributed by atoms with Crippen LogP contribution in [0, 0.1) is 10.1 Å². The van der Waals surface area contributed by atoms with Gasteiger partial charge in [0.15, 0.2) is 0 Å². The Morgan fingerprint density at radius 3 is 2.50 bits per heavy atom. The standard InChI is InChI=1S/C14H11N3O5/c18-12-4-1-9(2-5-12)14(20)16-15-8-10-7-11(17(21)22)3-6-13(10)19/h1-8,18-19H,(H,16,20)/b15-8-. The molecule has 0 fully saturated rings. The topological polar surface area (TPSA) is 125 Å². The van der Waals surface area contributed by atoms with Gasteiger partial charge in [-0.05, 0) is 30.3 Å². The molecule has 0 aliphatic rings. The normalized spacial score (nSPS) is 10.5. The van der Waals surface area contributed by atoms with Crippen LogP contribution in [-0.2, 0) is 0 Å². The molecule has 0 unspecified atom stereocenters. The lowest BCUT2D eigenvalue weighted by Crippen LogP contribution is -2.17. The zero-order chi connectivity index (χ0) is 16.1. The molecule has 22 heavy (non-hydrogen) atoms. The second-order valence-electron chi connectivity index (χ2n) is 4.25. The number of benzene rings is 2. The van der Waals surface area contributed by atoms with E-state index in [1.54, 1.807) is 0 Å². The Kier molecular flexibility index (Phi) is 4.33. The van der Waals surface area contributed by atoms with E-state index in [4.69, 9.17) is 5.11 Å². The third kappa shape index (κ3) is 3.57. The van der Waals surface area contributed by atoms with Crippen LogP contribution in [0.25, 0.3) is 0 Å². The quantitative estimate of drug-likeness (QED) is 0.451. The highest BCUT2D eigenvalue weighted by Gasteiger charge is 2.09. The van der Waals surface area contributed by atoms with Crippen LogP contribution in [0.3, 0.4) is 0 Å². The molecule has 8 nitrogen and oxygen atoms in total. The van der Waals surface area contributed by atoms with Gasteiger partial charge in [-0.1, -0.05) is 0 Å². The Hall–Kier alpha value is -3.42. The lowest BCUT2D eigenvalue weighted by Gasteiger charge is -2.01. The molecule has 0 aromatic heterocycles. The number of nitrogens with zero attached hydrogens (tertiary/aromatic N) is 2. The number of hydrazone groups is 1. The van der Waals surface area contributed by atoms with Crippen molar-refractivity contribution in [2.24, 2.45) is 5.10 Å². The van der Waals surface area contributed by atoms with Crippen molar-refractivity contribution in [2.45, 2.75) is 0 Å². The maximum absolute atomic E-state index is 11.7. The van der Waals surface area contributed by atoms with E-state index in [-0.39, 0.29) is 28.3 Å². The number of carbonyl (C=O) groups is 1. The summed E-state index contributed by atoms with van der Waals surface area (Å²) in [6.45, 7) is 0. The van der Waals surface area contributed by atoms with Crippen molar-refractivity contribution >= 4 is 17.8 Å². The third-order valence-electron chi connectivity index (χ3n) is 2.72. The summed E-state index contributed by atoms with van der Waals surface area (Å²) < 4.78 is 0. The summed E-state index contributed by atoms with van der Waals surface area (Å²) in [5.41, 5.74) is 2.38. The lowest BCUT2D eigenvalue weighted by molar-refractivity contribution is -0.384. The van der Waals surface area contributed by atoms with Crippen LogP contribution in [0.1, 0.15) is 15.9 Å². The fraction of sp³-hybridized carbons (Fsp3) is 0. The molecule has 112 valence electrons. The van der Waals surface area contributed by atoms with E-state index in [2.05, 4.69) is 10.5 Å². The molecule has 0 spiro atoms. The molecule has 2 aromatic rings. The van der Waals surface area contributed by atoms with Crippen molar-refractivity contribution in [3.8, 4) is 11.5 Å². The van der Waals surface area contributed by atoms with Crippen LogP contribution >= 0.6 is 0 Å². The smallest absolute Gasteiger partial charge is 0.271 e. The first-order chi connectivity index (χ1) is 10.5. The van der Waals surface area contributed by atoms with Gasteiger partial charge in [0.1, 0.15) is 11.5 Å². The van der Waals surface area contributed by atoms with Crippen LogP contribution in [0.15, 0.2) is 47.6 Å². The van der Waals surface area contributed by atoms with Gasteiger partial charge in [-0.2, -0.15) is 5.10 Å². The summed E-state index contributed by atoms with van der Waals surface area (Å²) in [5.74, 6) is -0.698. The molecule has 8 heteroatoms. The number of phenolic OH excluding ortho intramolecular Hbond substituents is 2. The molecular formula is C14H11N3O5. The van der Waals surface area contributed by atoms with Crippen LogP contribution in [0.2, 0.25) is 0 Å². The van der Waals surface area contributed by atoms with E-state index in [1.165, 1.54) is 30.3 Å². The zero-order valence-corrected chi connectivity index (χ0v) is 11.1. The van der Waals surface area contributed by atoms with E-state index in [0.717, 1.165) is 18.3 Å². The number of carbonyl (C=O) groups excluding carboxylic acids is 1. The van der Waals surface area contributed by atoms with Crippen molar-refractivity contribution in [1.29, 1.82) is 0 Å². The fourth-order valence-corrected chi connectivity index (χ4v) is 1.60. The zero-order valence-electron chi connectivity index (χ0n) is 11.1. The van der Waals surface area contributed by atoms with Crippen LogP contribution in [-0.4, -0.2) is 27.3 Å². The van der Waals surface area contributed by atoms with E-state index in [1.807, 2.05) is 0 Å². The number of aromatic hydroxyl groups is 2. The summed E-state index contributed by atoms with van der Waals surface area (Å²) in [5, 5.41) is 33.0. The second kappa shape index (κ2) is 6.35. The van der Waals surface area contributed by atoms with Gasteiger partial charge in [-0.3, -0.25) is 14.9 Å². The fourth-order valence-electron chi connectivity index (χ4n) is 1.60. The van der Waals surface area contributed by atoms with Gasteiger partial charge in [-0.25, -0.2) is 5.43 Å². The average molecular weight is 301 g/mol. The molecular weight excluding hydrogens is 290 g/mol. The van der Waals surface area contributed by atoms with E-state index >= 15 is 0 Å². The van der Waals surface area contributed by atoms with Gasteiger partial charge in [0.25, 0.3) is 11.6 Å². The molecule has 0 bridgehead atoms. The Bertz CT molecular complexity index is 741. The first-order valence-electron chi connectivity index (χ1n) is 6.07. The molecule has 0 radical (unpaired) electrons. The minimum Gasteiger partial charge on any atom is -0.508 e. The monoisotopic (exact) mass is 301 g/mol. The predicted molar refractivity (Wildman–Crippen MR) is 77.9 cm³/mol. The van der Waals surface area contributed by atoms with Crippen molar-refractivity contribution in [1.82, 2.24) is 5.43 Å². The van der Waals surface area contributed by atoms with E-state index < -0.39 is 10.8 Å². The Labute approximate surface area is 124 Å². The summed E-state index contributed by atoms with van der Waals surface area (Å²) in [7, 11) is 0. The number of nitro benzene ring substituents is 1. The molecule has 3 N–H and O–H groups in total. The molecule has 0 aliphatic heterocycles. The summed E-state index contributed by atoms with van der Waals surface area (Å²) in [6, 6.07) is 8.97. The Morgan fingerprint density at radius 1 is 1.18 bits per heavy atom. The predicted octanol–water partition coefficient (Wildman–Crippen LogP) is 1.77. The number of hydrogen-bond acceptors (Lipinski definition) is 6. The maximum atomic E-state index is 11.7. The number of hydrogen-bond donors (Lipinski definition) is 3. The number of rotatable bonds is 4. The SMILES string of the molecule is O=C(N/N=C\c1cc([N+](=O)[O-])ccc1O)c1ccc(O)cc1. The van der Waals surface area contributed by atoms with E-state index in [9.17, 15) is 20.0 Å². The van der Waals surface area contributed by atoms with Crippen molar-refractivity contribution in [3.05, 3.63) is 63.7 Å². The number of nitro groups is 1. The van der Waals surface area contributed by atoms with Crippen LogP contribution in [0.5, 0.6) is 11.5 Å². The largest absolute Gasteiger partial charge is 0.508 e. The minimum atomic E-state index is -0.605. The minimum absolute atomic E-state index is 0.0292. The highest BCUT2D eigenvalue weighted by Crippen LogP contribution is 2.21.